The molecule has 0 bridgehead atoms. The molecule has 0 aliphatic carbocycles. The van der Waals surface area contributed by atoms with E-state index in [4.69, 9.17) is 24.5 Å². The van der Waals surface area contributed by atoms with Gasteiger partial charge in [-0.1, -0.05) is 43.6 Å². The molecule has 9 heteroatoms. The van der Waals surface area contributed by atoms with Crippen molar-refractivity contribution in [3.05, 3.63) is 46.3 Å². The Morgan fingerprint density at radius 3 is 2.61 bits per heavy atom. The van der Waals surface area contributed by atoms with Gasteiger partial charge in [0.05, 0.1) is 18.2 Å². The summed E-state index contributed by atoms with van der Waals surface area (Å²) in [4.78, 5) is 14.9. The number of hydrogen-bond acceptors (Lipinski definition) is 7. The monoisotopic (exact) mass is 395 g/mol. The maximum absolute atomic E-state index is 12.2. The number of azide groups is 1. The summed E-state index contributed by atoms with van der Waals surface area (Å²) in [6.45, 7) is 3.96. The number of carbonyl (C=O) groups is 1. The summed E-state index contributed by atoms with van der Waals surface area (Å²) in [5.41, 5.74) is 8.99. The van der Waals surface area contributed by atoms with Crippen LogP contribution in [0, 0.1) is 0 Å². The first-order chi connectivity index (χ1) is 13.5. The second-order valence-corrected chi connectivity index (χ2v) is 6.18. The lowest BCUT2D eigenvalue weighted by atomic mass is 10.2. The summed E-state index contributed by atoms with van der Waals surface area (Å²) in [7, 11) is 1.39. The van der Waals surface area contributed by atoms with Crippen LogP contribution in [0.2, 0.25) is 0 Å². The molecule has 28 heavy (non-hydrogen) atoms. The van der Waals surface area contributed by atoms with Crippen molar-refractivity contribution in [3.63, 3.8) is 0 Å². The third-order valence-electron chi connectivity index (χ3n) is 3.92. The van der Waals surface area contributed by atoms with Gasteiger partial charge in [0.2, 0.25) is 0 Å². The van der Waals surface area contributed by atoms with Gasteiger partial charge in [-0.2, -0.15) is 0 Å². The maximum Gasteiger partial charge on any atom is 0.338 e. The molecule has 0 heterocycles. The van der Waals surface area contributed by atoms with E-state index < -0.39 is 30.5 Å². The lowest BCUT2D eigenvalue weighted by molar-refractivity contribution is -0.201. The SMILES string of the molecule is CCCCOC[C@H](O)C(COC(=O)c1ccccc1)O[C@H](OC)[C@H](C)N=[N+]=[N-]. The zero-order chi connectivity index (χ0) is 20.8. The fourth-order valence-electron chi connectivity index (χ4n) is 2.29. The van der Waals surface area contributed by atoms with Crippen LogP contribution in [0.5, 0.6) is 0 Å². The molecule has 0 fully saturated rings. The number of aliphatic hydroxyl groups excluding tert-OH is 1. The molecule has 1 N–H and O–H groups in total. The standard InChI is InChI=1S/C19H29N3O6/c1-4-5-11-26-12-16(23)17(28-19(25-3)14(2)21-22-20)13-27-18(24)15-9-7-6-8-10-15/h6-10,14,16-17,19,23H,4-5,11-13H2,1-3H3/t14-,16-,17?,19-/m0/s1. The molecule has 0 spiro atoms. The second kappa shape index (κ2) is 13.9. The smallest absolute Gasteiger partial charge is 0.338 e. The Labute approximate surface area is 165 Å². The normalized spacial score (nSPS) is 15.1. The summed E-state index contributed by atoms with van der Waals surface area (Å²) in [5, 5.41) is 14.0. The number of hydrogen-bond donors (Lipinski definition) is 1. The summed E-state index contributed by atoms with van der Waals surface area (Å²) in [5.74, 6) is -0.537. The Hall–Kier alpha value is -2.16. The van der Waals surface area contributed by atoms with Crippen LogP contribution in [-0.4, -0.2) is 62.5 Å². The van der Waals surface area contributed by atoms with E-state index in [1.54, 1.807) is 37.3 Å². The molecule has 0 aromatic heterocycles. The van der Waals surface area contributed by atoms with E-state index in [1.165, 1.54) is 7.11 Å². The number of esters is 1. The Morgan fingerprint density at radius 2 is 2.00 bits per heavy atom. The second-order valence-electron chi connectivity index (χ2n) is 6.18. The molecule has 9 nitrogen and oxygen atoms in total. The van der Waals surface area contributed by atoms with Crippen LogP contribution in [-0.2, 0) is 18.9 Å². The molecule has 156 valence electrons. The first kappa shape index (κ1) is 23.9. The van der Waals surface area contributed by atoms with Gasteiger partial charge < -0.3 is 24.1 Å². The van der Waals surface area contributed by atoms with E-state index in [-0.39, 0.29) is 13.2 Å². The molecule has 0 amide bonds. The van der Waals surface area contributed by atoms with Gasteiger partial charge in [-0.3, -0.25) is 0 Å². The van der Waals surface area contributed by atoms with Gasteiger partial charge in [-0.05, 0) is 24.1 Å². The predicted molar refractivity (Wildman–Crippen MR) is 103 cm³/mol. The van der Waals surface area contributed by atoms with Gasteiger partial charge in [0.25, 0.3) is 0 Å². The van der Waals surface area contributed by atoms with Crippen LogP contribution in [0.25, 0.3) is 10.4 Å². The first-order valence-electron chi connectivity index (χ1n) is 9.23. The topological polar surface area (TPSA) is 123 Å². The zero-order valence-electron chi connectivity index (χ0n) is 16.6. The Morgan fingerprint density at radius 1 is 1.29 bits per heavy atom. The van der Waals surface area contributed by atoms with Gasteiger partial charge in [-0.25, -0.2) is 4.79 Å². The molecule has 0 saturated carbocycles. The molecule has 1 unspecified atom stereocenters. The van der Waals surface area contributed by atoms with Crippen molar-refractivity contribution < 1.29 is 28.8 Å². The highest BCUT2D eigenvalue weighted by Gasteiger charge is 2.28. The third kappa shape index (κ3) is 8.69. The Bertz CT molecular complexity index is 609. The molecule has 0 radical (unpaired) electrons. The molecule has 1 rings (SSSR count). The van der Waals surface area contributed by atoms with Gasteiger partial charge in [-0.15, -0.1) is 0 Å². The molecular weight excluding hydrogens is 366 g/mol. The molecule has 4 atom stereocenters. The van der Waals surface area contributed by atoms with Crippen LogP contribution in [0.3, 0.4) is 0 Å². The highest BCUT2D eigenvalue weighted by Crippen LogP contribution is 2.13. The van der Waals surface area contributed by atoms with Crippen molar-refractivity contribution in [2.75, 3.05) is 26.9 Å². The average Bonchev–Trinajstić information content (AvgIpc) is 2.71. The first-order valence-corrected chi connectivity index (χ1v) is 9.23. The van der Waals surface area contributed by atoms with Gasteiger partial charge >= 0.3 is 5.97 Å². The molecule has 1 aromatic carbocycles. The molecule has 0 aliphatic heterocycles. The largest absolute Gasteiger partial charge is 0.459 e. The van der Waals surface area contributed by atoms with Crippen molar-refractivity contribution in [1.29, 1.82) is 0 Å². The van der Waals surface area contributed by atoms with E-state index in [9.17, 15) is 9.90 Å². The number of methoxy groups -OCH3 is 1. The van der Waals surface area contributed by atoms with Crippen LogP contribution in [0.4, 0.5) is 0 Å². The molecular formula is C19H29N3O6. The number of ether oxygens (including phenoxy) is 4. The number of unbranched alkanes of at least 4 members (excludes halogenated alkanes) is 1. The summed E-state index contributed by atoms with van der Waals surface area (Å²) < 4.78 is 21.6. The quantitative estimate of drug-likeness (QED) is 0.129. The molecule has 1 aromatic rings. The minimum Gasteiger partial charge on any atom is -0.459 e. The number of rotatable bonds is 14. The van der Waals surface area contributed by atoms with Crippen LogP contribution >= 0.6 is 0 Å². The zero-order valence-corrected chi connectivity index (χ0v) is 16.6. The summed E-state index contributed by atoms with van der Waals surface area (Å²) in [6, 6.07) is 7.86. The Kier molecular flexibility index (Phi) is 11.9. The number of benzene rings is 1. The van der Waals surface area contributed by atoms with E-state index in [1.807, 2.05) is 6.92 Å². The number of aliphatic hydroxyl groups is 1. The fraction of sp³-hybridized carbons (Fsp3) is 0.632. The van der Waals surface area contributed by atoms with Crippen molar-refractivity contribution in [3.8, 4) is 0 Å². The van der Waals surface area contributed by atoms with Gasteiger partial charge in [0, 0.05) is 18.6 Å². The van der Waals surface area contributed by atoms with Crippen molar-refractivity contribution in [2.45, 2.75) is 51.2 Å². The number of carbonyl (C=O) groups excluding carboxylic acids is 1. The lowest BCUT2D eigenvalue weighted by Crippen LogP contribution is -2.43. The summed E-state index contributed by atoms with van der Waals surface area (Å²) in [6.07, 6.45) is -1.05. The Balaban J connectivity index is 2.75. The highest BCUT2D eigenvalue weighted by atomic mass is 16.7. The fourth-order valence-corrected chi connectivity index (χ4v) is 2.29. The highest BCUT2D eigenvalue weighted by molar-refractivity contribution is 5.89. The van der Waals surface area contributed by atoms with Crippen molar-refractivity contribution in [2.24, 2.45) is 5.11 Å². The summed E-state index contributed by atoms with van der Waals surface area (Å²) >= 11 is 0. The van der Waals surface area contributed by atoms with Gasteiger partial charge in [0.1, 0.15) is 18.8 Å². The van der Waals surface area contributed by atoms with Crippen LogP contribution in [0.1, 0.15) is 37.0 Å². The van der Waals surface area contributed by atoms with Crippen LogP contribution in [0.15, 0.2) is 35.4 Å². The predicted octanol–water partition coefficient (Wildman–Crippen LogP) is 3.08. The minimum absolute atomic E-state index is 0.0138. The average molecular weight is 395 g/mol. The van der Waals surface area contributed by atoms with E-state index in [2.05, 4.69) is 10.0 Å². The molecule has 0 aliphatic rings. The molecule has 0 saturated heterocycles. The van der Waals surface area contributed by atoms with Crippen molar-refractivity contribution >= 4 is 5.97 Å². The van der Waals surface area contributed by atoms with Crippen LogP contribution < -0.4 is 0 Å². The van der Waals surface area contributed by atoms with E-state index >= 15 is 0 Å². The third-order valence-corrected chi connectivity index (χ3v) is 3.92. The van der Waals surface area contributed by atoms with E-state index in [0.717, 1.165) is 12.8 Å². The minimum atomic E-state index is -1.06. The lowest BCUT2D eigenvalue weighted by Gasteiger charge is -2.28. The van der Waals surface area contributed by atoms with Crippen molar-refractivity contribution in [1.82, 2.24) is 0 Å². The number of nitrogens with zero attached hydrogens (tertiary/aromatic N) is 3. The van der Waals surface area contributed by atoms with Gasteiger partial charge in [0.15, 0.2) is 6.29 Å². The maximum atomic E-state index is 12.2. The van der Waals surface area contributed by atoms with E-state index in [0.29, 0.717) is 12.2 Å².